The third-order valence-electron chi connectivity index (χ3n) is 3.11. The van der Waals surface area contributed by atoms with Gasteiger partial charge < -0.3 is 10.6 Å². The summed E-state index contributed by atoms with van der Waals surface area (Å²) in [5, 5.41) is 14.7. The number of rotatable bonds is 5. The van der Waals surface area contributed by atoms with Gasteiger partial charge in [0, 0.05) is 24.3 Å². The van der Waals surface area contributed by atoms with Crippen LogP contribution in [0, 0.1) is 11.3 Å². The molecule has 0 aliphatic rings. The van der Waals surface area contributed by atoms with E-state index >= 15 is 0 Å². The first kappa shape index (κ1) is 16.2. The van der Waals surface area contributed by atoms with E-state index in [1.165, 1.54) is 6.20 Å². The predicted molar refractivity (Wildman–Crippen MR) is 88.5 cm³/mol. The zero-order valence-corrected chi connectivity index (χ0v) is 12.9. The fourth-order valence-electron chi connectivity index (χ4n) is 1.96. The van der Waals surface area contributed by atoms with E-state index < -0.39 is 5.91 Å². The Labute approximate surface area is 134 Å². The summed E-state index contributed by atoms with van der Waals surface area (Å²) in [5.74, 6) is 0.0940. The summed E-state index contributed by atoms with van der Waals surface area (Å²) in [6.45, 7) is 4.08. The highest BCUT2D eigenvalue weighted by atomic mass is 16.1. The standard InChI is InChI=1S/C17H17N5O/c1-12(2)14-6-3-4-7-15(14)22-16(23)13(10-18)11-21-17-19-8-5-9-20-17/h3-9,11-12H,1-2H3,(H,22,23)(H,19,20,21)/b13-11-. The normalized spacial score (nSPS) is 11.0. The summed E-state index contributed by atoms with van der Waals surface area (Å²) in [7, 11) is 0. The van der Waals surface area contributed by atoms with Crippen molar-refractivity contribution in [3.05, 3.63) is 60.1 Å². The molecule has 0 unspecified atom stereocenters. The Kier molecular flexibility index (Phi) is 5.42. The minimum Gasteiger partial charge on any atom is -0.329 e. The van der Waals surface area contributed by atoms with Crippen LogP contribution in [0.25, 0.3) is 0 Å². The SMILES string of the molecule is CC(C)c1ccccc1NC(=O)/C(C#N)=C\Nc1ncccn1. The molecule has 0 aliphatic carbocycles. The molecule has 1 aromatic carbocycles. The van der Waals surface area contributed by atoms with Gasteiger partial charge in [-0.1, -0.05) is 32.0 Å². The minimum atomic E-state index is -0.482. The maximum absolute atomic E-state index is 12.3. The third-order valence-corrected chi connectivity index (χ3v) is 3.11. The van der Waals surface area contributed by atoms with Gasteiger partial charge in [0.05, 0.1) is 0 Å². The summed E-state index contributed by atoms with van der Waals surface area (Å²) < 4.78 is 0. The second-order valence-corrected chi connectivity index (χ2v) is 5.08. The van der Waals surface area contributed by atoms with Gasteiger partial charge in [-0.2, -0.15) is 5.26 Å². The number of carbonyl (C=O) groups excluding carboxylic acids is 1. The minimum absolute atomic E-state index is 0.0592. The molecular formula is C17H17N5O. The number of para-hydroxylation sites is 1. The molecule has 0 saturated heterocycles. The van der Waals surface area contributed by atoms with Crippen LogP contribution in [0.4, 0.5) is 11.6 Å². The topological polar surface area (TPSA) is 90.7 Å². The molecule has 6 heteroatoms. The molecule has 6 nitrogen and oxygen atoms in total. The number of amides is 1. The molecule has 116 valence electrons. The van der Waals surface area contributed by atoms with E-state index in [0.29, 0.717) is 11.6 Å². The lowest BCUT2D eigenvalue weighted by atomic mass is 10.0. The van der Waals surface area contributed by atoms with Crippen molar-refractivity contribution in [2.45, 2.75) is 19.8 Å². The summed E-state index contributed by atoms with van der Waals surface area (Å²) in [5.41, 5.74) is 1.65. The Morgan fingerprint density at radius 1 is 1.22 bits per heavy atom. The lowest BCUT2D eigenvalue weighted by Gasteiger charge is -2.13. The number of benzene rings is 1. The lowest BCUT2D eigenvalue weighted by Crippen LogP contribution is -2.16. The molecule has 23 heavy (non-hydrogen) atoms. The van der Waals surface area contributed by atoms with Crippen molar-refractivity contribution >= 4 is 17.5 Å². The average molecular weight is 307 g/mol. The first-order valence-corrected chi connectivity index (χ1v) is 7.16. The highest BCUT2D eigenvalue weighted by Gasteiger charge is 2.13. The molecular weight excluding hydrogens is 290 g/mol. The van der Waals surface area contributed by atoms with E-state index in [2.05, 4.69) is 20.6 Å². The highest BCUT2D eigenvalue weighted by molar-refractivity contribution is 6.07. The number of anilines is 2. The molecule has 0 spiro atoms. The zero-order chi connectivity index (χ0) is 16.7. The molecule has 1 amide bonds. The van der Waals surface area contributed by atoms with Crippen molar-refractivity contribution in [2.75, 3.05) is 10.6 Å². The number of nitrogens with one attached hydrogen (secondary N) is 2. The van der Waals surface area contributed by atoms with E-state index in [1.54, 1.807) is 18.5 Å². The van der Waals surface area contributed by atoms with E-state index in [4.69, 9.17) is 0 Å². The van der Waals surface area contributed by atoms with Crippen molar-refractivity contribution in [2.24, 2.45) is 0 Å². The Morgan fingerprint density at radius 3 is 2.57 bits per heavy atom. The van der Waals surface area contributed by atoms with Crippen LogP contribution < -0.4 is 10.6 Å². The first-order chi connectivity index (χ1) is 11.1. The molecule has 2 rings (SSSR count). The average Bonchev–Trinajstić information content (AvgIpc) is 2.56. The number of nitriles is 1. The zero-order valence-electron chi connectivity index (χ0n) is 12.9. The number of nitrogens with zero attached hydrogens (tertiary/aromatic N) is 3. The van der Waals surface area contributed by atoms with Gasteiger partial charge in [0.25, 0.3) is 5.91 Å². The molecule has 0 aliphatic heterocycles. The fourth-order valence-corrected chi connectivity index (χ4v) is 1.96. The van der Waals surface area contributed by atoms with Crippen molar-refractivity contribution in [3.63, 3.8) is 0 Å². The maximum Gasteiger partial charge on any atom is 0.267 e. The van der Waals surface area contributed by atoms with Crippen LogP contribution >= 0.6 is 0 Å². The van der Waals surface area contributed by atoms with Crippen LogP contribution in [-0.4, -0.2) is 15.9 Å². The predicted octanol–water partition coefficient (Wildman–Crippen LogP) is 3.06. The van der Waals surface area contributed by atoms with Gasteiger partial charge in [0.1, 0.15) is 11.6 Å². The largest absolute Gasteiger partial charge is 0.329 e. The van der Waals surface area contributed by atoms with Crippen LogP contribution in [-0.2, 0) is 4.79 Å². The maximum atomic E-state index is 12.3. The van der Waals surface area contributed by atoms with Gasteiger partial charge in [-0.3, -0.25) is 4.79 Å². The van der Waals surface area contributed by atoms with Gasteiger partial charge in [0.2, 0.25) is 5.95 Å². The number of carbonyl (C=O) groups is 1. The molecule has 2 N–H and O–H groups in total. The van der Waals surface area contributed by atoms with Crippen molar-refractivity contribution in [1.82, 2.24) is 9.97 Å². The van der Waals surface area contributed by atoms with Gasteiger partial charge in [-0.15, -0.1) is 0 Å². The van der Waals surface area contributed by atoms with Crippen LogP contribution in [0.1, 0.15) is 25.3 Å². The van der Waals surface area contributed by atoms with E-state index in [-0.39, 0.29) is 11.5 Å². The molecule has 1 heterocycles. The Bertz CT molecular complexity index is 747. The smallest absolute Gasteiger partial charge is 0.267 e. The summed E-state index contributed by atoms with van der Waals surface area (Å²) in [6.07, 6.45) is 4.42. The van der Waals surface area contributed by atoms with E-state index in [1.807, 2.05) is 44.2 Å². The number of aromatic nitrogens is 2. The summed E-state index contributed by atoms with van der Waals surface area (Å²) in [4.78, 5) is 20.2. The quantitative estimate of drug-likeness (QED) is 0.654. The molecule has 0 fully saturated rings. The van der Waals surface area contributed by atoms with Crippen molar-refractivity contribution < 1.29 is 4.79 Å². The van der Waals surface area contributed by atoms with E-state index in [0.717, 1.165) is 5.56 Å². The van der Waals surface area contributed by atoms with Crippen molar-refractivity contribution in [3.8, 4) is 6.07 Å². The highest BCUT2D eigenvalue weighted by Crippen LogP contribution is 2.24. The Balaban J connectivity index is 2.14. The number of hydrogen-bond donors (Lipinski definition) is 2. The molecule has 0 bridgehead atoms. The van der Waals surface area contributed by atoms with Crippen molar-refractivity contribution in [1.29, 1.82) is 5.26 Å². The molecule has 0 radical (unpaired) electrons. The third kappa shape index (κ3) is 4.38. The van der Waals surface area contributed by atoms with Crippen LogP contribution in [0.2, 0.25) is 0 Å². The fraction of sp³-hybridized carbons (Fsp3) is 0.176. The summed E-state index contributed by atoms with van der Waals surface area (Å²) in [6, 6.07) is 11.1. The van der Waals surface area contributed by atoms with E-state index in [9.17, 15) is 10.1 Å². The molecule has 1 aromatic heterocycles. The summed E-state index contributed by atoms with van der Waals surface area (Å²) >= 11 is 0. The molecule has 2 aromatic rings. The van der Waals surface area contributed by atoms with Crippen LogP contribution in [0.5, 0.6) is 0 Å². The second-order valence-electron chi connectivity index (χ2n) is 5.08. The van der Waals surface area contributed by atoms with Gasteiger partial charge in [-0.25, -0.2) is 9.97 Å². The van der Waals surface area contributed by atoms with Crippen LogP contribution in [0.15, 0.2) is 54.5 Å². The number of hydrogen-bond acceptors (Lipinski definition) is 5. The second kappa shape index (κ2) is 7.71. The Hall–Kier alpha value is -3.20. The monoisotopic (exact) mass is 307 g/mol. The first-order valence-electron chi connectivity index (χ1n) is 7.16. The Morgan fingerprint density at radius 2 is 1.91 bits per heavy atom. The molecule has 0 saturated carbocycles. The van der Waals surface area contributed by atoms with Gasteiger partial charge in [-0.05, 0) is 23.6 Å². The molecule has 0 atom stereocenters. The van der Waals surface area contributed by atoms with Gasteiger partial charge >= 0.3 is 0 Å². The lowest BCUT2D eigenvalue weighted by molar-refractivity contribution is -0.112. The van der Waals surface area contributed by atoms with Gasteiger partial charge in [0.15, 0.2) is 0 Å². The van der Waals surface area contributed by atoms with Crippen LogP contribution in [0.3, 0.4) is 0 Å².